The second kappa shape index (κ2) is 6.08. The van der Waals surface area contributed by atoms with Crippen LogP contribution in [0.4, 0.5) is 11.5 Å². The molecule has 1 fully saturated rings. The molecule has 0 aromatic carbocycles. The molecule has 0 bridgehead atoms. The average Bonchev–Trinajstić information content (AvgIpc) is 2.95. The quantitative estimate of drug-likeness (QED) is 0.692. The normalized spacial score (nSPS) is 18.8. The van der Waals surface area contributed by atoms with Crippen molar-refractivity contribution in [3.8, 4) is 0 Å². The van der Waals surface area contributed by atoms with Crippen LogP contribution >= 0.6 is 0 Å². The predicted octanol–water partition coefficient (Wildman–Crippen LogP) is -0.348. The zero-order valence-electron chi connectivity index (χ0n) is 14.0. The number of rotatable bonds is 1. The van der Waals surface area contributed by atoms with Gasteiger partial charge < -0.3 is 20.9 Å². The van der Waals surface area contributed by atoms with Gasteiger partial charge in [-0.3, -0.25) is 14.3 Å². The number of nitrogen functional groups attached to an aromatic ring is 1. The minimum atomic E-state index is -0.677. The van der Waals surface area contributed by atoms with Gasteiger partial charge in [0.25, 0.3) is 0 Å². The van der Waals surface area contributed by atoms with Gasteiger partial charge in [-0.15, -0.1) is 0 Å². The molecule has 2 aromatic rings. The summed E-state index contributed by atoms with van der Waals surface area (Å²) in [7, 11) is 3.74. The molecular weight excluding hydrogens is 310 g/mol. The van der Waals surface area contributed by atoms with E-state index in [0.29, 0.717) is 35.5 Å². The molecule has 2 aromatic heterocycles. The number of hydrogen-bond donors (Lipinski definition) is 2. The van der Waals surface area contributed by atoms with E-state index in [1.54, 1.807) is 22.8 Å². The van der Waals surface area contributed by atoms with E-state index < -0.39 is 11.8 Å². The lowest BCUT2D eigenvalue weighted by atomic mass is 10.2. The van der Waals surface area contributed by atoms with E-state index in [-0.39, 0.29) is 6.04 Å². The van der Waals surface area contributed by atoms with Crippen LogP contribution in [-0.4, -0.2) is 69.1 Å². The molecule has 0 aliphatic carbocycles. The van der Waals surface area contributed by atoms with Crippen LogP contribution in [0.2, 0.25) is 0 Å². The Balaban J connectivity index is 1.78. The highest BCUT2D eigenvalue weighted by molar-refractivity contribution is 6.40. The van der Waals surface area contributed by atoms with E-state index in [2.05, 4.69) is 20.3 Å². The van der Waals surface area contributed by atoms with Crippen molar-refractivity contribution in [2.24, 2.45) is 7.05 Å². The minimum absolute atomic E-state index is 0.221. The van der Waals surface area contributed by atoms with Crippen LogP contribution in [0.25, 0.3) is 10.9 Å². The first kappa shape index (κ1) is 16.2. The van der Waals surface area contributed by atoms with Crippen LogP contribution in [0.15, 0.2) is 12.4 Å². The Hall–Kier alpha value is -2.68. The number of piperazine rings is 1. The third kappa shape index (κ3) is 2.78. The zero-order valence-corrected chi connectivity index (χ0v) is 14.0. The van der Waals surface area contributed by atoms with E-state index in [4.69, 9.17) is 5.73 Å². The molecule has 3 heterocycles. The molecule has 0 radical (unpaired) electrons. The summed E-state index contributed by atoms with van der Waals surface area (Å²) >= 11 is 0. The van der Waals surface area contributed by atoms with Gasteiger partial charge in [-0.25, -0.2) is 4.98 Å². The maximum absolute atomic E-state index is 12.4. The molecule has 9 nitrogen and oxygen atoms in total. The number of amides is 2. The number of likely N-dealkylation sites (N-methyl/N-ethyl adjacent to an activating group) is 1. The van der Waals surface area contributed by atoms with E-state index in [1.807, 2.05) is 14.0 Å². The summed E-state index contributed by atoms with van der Waals surface area (Å²) in [6, 6.07) is 0.221. The molecule has 3 rings (SSSR count). The van der Waals surface area contributed by atoms with Crippen molar-refractivity contribution < 1.29 is 9.59 Å². The molecule has 0 spiro atoms. The van der Waals surface area contributed by atoms with Crippen molar-refractivity contribution in [3.63, 3.8) is 0 Å². The number of pyridine rings is 1. The Kier molecular flexibility index (Phi) is 4.10. The summed E-state index contributed by atoms with van der Waals surface area (Å²) in [5.41, 5.74) is 6.88. The Labute approximate surface area is 139 Å². The molecule has 0 saturated carbocycles. The number of carbonyl (C=O) groups is 2. The summed E-state index contributed by atoms with van der Waals surface area (Å²) in [5, 5.41) is 7.41. The minimum Gasteiger partial charge on any atom is -0.382 e. The molecule has 1 aliphatic heterocycles. The van der Waals surface area contributed by atoms with Gasteiger partial charge in [-0.1, -0.05) is 0 Å². The fraction of sp³-hybridized carbons (Fsp3) is 0.467. The SMILES string of the molecule is CC1CN(C(=O)C(=O)Nc2cnc(N)c3c2cnn3C)CCN1C. The van der Waals surface area contributed by atoms with Crippen molar-refractivity contribution in [2.45, 2.75) is 13.0 Å². The lowest BCUT2D eigenvalue weighted by molar-refractivity contribution is -0.144. The smallest absolute Gasteiger partial charge is 0.313 e. The standard InChI is InChI=1S/C15H21N7O2/c1-9-8-22(5-4-20(9)2)15(24)14(23)19-11-7-17-13(16)12-10(11)6-18-21(12)3/h6-7,9H,4-5,8H2,1-3H3,(H2,16,17)(H,19,23). The van der Waals surface area contributed by atoms with Gasteiger partial charge in [0.1, 0.15) is 11.3 Å². The molecule has 128 valence electrons. The number of anilines is 2. The molecule has 9 heteroatoms. The lowest BCUT2D eigenvalue weighted by Gasteiger charge is -2.37. The number of nitrogens with zero attached hydrogens (tertiary/aromatic N) is 5. The highest BCUT2D eigenvalue weighted by atomic mass is 16.2. The fourth-order valence-electron chi connectivity index (χ4n) is 2.86. The molecule has 1 atom stereocenters. The van der Waals surface area contributed by atoms with Gasteiger partial charge in [0.2, 0.25) is 0 Å². The number of nitrogens with one attached hydrogen (secondary N) is 1. The second-order valence-electron chi connectivity index (χ2n) is 6.12. The Bertz CT molecular complexity index is 800. The summed E-state index contributed by atoms with van der Waals surface area (Å²) in [6.07, 6.45) is 3.03. The van der Waals surface area contributed by atoms with Crippen LogP contribution in [0, 0.1) is 0 Å². The van der Waals surface area contributed by atoms with Gasteiger partial charge in [0.15, 0.2) is 0 Å². The first-order valence-corrected chi connectivity index (χ1v) is 7.75. The molecule has 1 unspecified atom stereocenters. The van der Waals surface area contributed by atoms with Gasteiger partial charge in [-0.05, 0) is 14.0 Å². The monoisotopic (exact) mass is 331 g/mol. The average molecular weight is 331 g/mol. The Morgan fingerprint density at radius 1 is 1.29 bits per heavy atom. The third-order valence-electron chi connectivity index (χ3n) is 4.49. The van der Waals surface area contributed by atoms with Crippen molar-refractivity contribution in [1.82, 2.24) is 24.6 Å². The third-order valence-corrected chi connectivity index (χ3v) is 4.49. The summed E-state index contributed by atoms with van der Waals surface area (Å²) in [4.78, 5) is 32.5. The van der Waals surface area contributed by atoms with Gasteiger partial charge >= 0.3 is 11.8 Å². The van der Waals surface area contributed by atoms with E-state index >= 15 is 0 Å². The van der Waals surface area contributed by atoms with Crippen molar-refractivity contribution >= 4 is 34.2 Å². The number of hydrogen-bond acceptors (Lipinski definition) is 6. The summed E-state index contributed by atoms with van der Waals surface area (Å²) in [6.45, 7) is 3.84. The van der Waals surface area contributed by atoms with Crippen LogP contribution in [0.5, 0.6) is 0 Å². The van der Waals surface area contributed by atoms with Crippen molar-refractivity contribution in [3.05, 3.63) is 12.4 Å². The highest BCUT2D eigenvalue weighted by Crippen LogP contribution is 2.25. The number of aryl methyl sites for hydroxylation is 1. The zero-order chi connectivity index (χ0) is 17.4. The lowest BCUT2D eigenvalue weighted by Crippen LogP contribution is -2.54. The fourth-order valence-corrected chi connectivity index (χ4v) is 2.86. The molecule has 3 N–H and O–H groups in total. The molecule has 24 heavy (non-hydrogen) atoms. The van der Waals surface area contributed by atoms with Crippen LogP contribution in [0.3, 0.4) is 0 Å². The molecular formula is C15H21N7O2. The summed E-state index contributed by atoms with van der Waals surface area (Å²) in [5.74, 6) is -0.894. The Morgan fingerprint density at radius 2 is 2.04 bits per heavy atom. The van der Waals surface area contributed by atoms with Crippen LogP contribution < -0.4 is 11.1 Å². The maximum Gasteiger partial charge on any atom is 0.313 e. The van der Waals surface area contributed by atoms with E-state index in [1.165, 1.54) is 6.20 Å². The largest absolute Gasteiger partial charge is 0.382 e. The van der Waals surface area contributed by atoms with Gasteiger partial charge in [0, 0.05) is 38.1 Å². The number of carbonyl (C=O) groups excluding carboxylic acids is 2. The molecule has 1 aliphatic rings. The maximum atomic E-state index is 12.4. The van der Waals surface area contributed by atoms with Gasteiger partial charge in [-0.2, -0.15) is 5.10 Å². The number of nitrogens with two attached hydrogens (primary N) is 1. The second-order valence-corrected chi connectivity index (χ2v) is 6.12. The van der Waals surface area contributed by atoms with Crippen LogP contribution in [-0.2, 0) is 16.6 Å². The molecule has 2 amide bonds. The highest BCUT2D eigenvalue weighted by Gasteiger charge is 2.28. The number of aromatic nitrogens is 3. The van der Waals surface area contributed by atoms with E-state index in [0.717, 1.165) is 6.54 Å². The molecule has 1 saturated heterocycles. The van der Waals surface area contributed by atoms with Crippen molar-refractivity contribution in [1.29, 1.82) is 0 Å². The number of fused-ring (bicyclic) bond motifs is 1. The van der Waals surface area contributed by atoms with Crippen LogP contribution in [0.1, 0.15) is 6.92 Å². The topological polar surface area (TPSA) is 109 Å². The van der Waals surface area contributed by atoms with E-state index in [9.17, 15) is 9.59 Å². The van der Waals surface area contributed by atoms with Crippen molar-refractivity contribution in [2.75, 3.05) is 37.7 Å². The Morgan fingerprint density at radius 3 is 2.75 bits per heavy atom. The van der Waals surface area contributed by atoms with Gasteiger partial charge in [0.05, 0.1) is 18.1 Å². The predicted molar refractivity (Wildman–Crippen MR) is 90.2 cm³/mol. The first-order valence-electron chi connectivity index (χ1n) is 7.75. The first-order chi connectivity index (χ1) is 11.4. The summed E-state index contributed by atoms with van der Waals surface area (Å²) < 4.78 is 1.58.